The van der Waals surface area contributed by atoms with Gasteiger partial charge in [-0.15, -0.1) is 11.3 Å². The molecule has 112 valence electrons. The molecule has 2 aromatic rings. The third-order valence-corrected chi connectivity index (χ3v) is 3.75. The van der Waals surface area contributed by atoms with Crippen LogP contribution in [0.3, 0.4) is 0 Å². The van der Waals surface area contributed by atoms with Crippen molar-refractivity contribution in [3.63, 3.8) is 0 Å². The fraction of sp³-hybridized carbons (Fsp3) is 0.308. The van der Waals surface area contributed by atoms with Gasteiger partial charge in [0, 0.05) is 11.1 Å². The smallest absolute Gasteiger partial charge is 0.371 e. The van der Waals surface area contributed by atoms with Gasteiger partial charge in [0.05, 0.1) is 12.6 Å². The highest BCUT2D eigenvalue weighted by Crippen LogP contribution is 2.18. The molecule has 0 spiro atoms. The van der Waals surface area contributed by atoms with Crippen molar-refractivity contribution >= 4 is 23.3 Å². The molecule has 0 bridgehead atoms. The Kier molecular flexibility index (Phi) is 4.59. The summed E-state index contributed by atoms with van der Waals surface area (Å²) >= 11 is 1.52. The number of rotatable bonds is 5. The average Bonchev–Trinajstić information content (AvgIpc) is 3.05. The van der Waals surface area contributed by atoms with Crippen LogP contribution in [0.1, 0.15) is 39.2 Å². The van der Waals surface area contributed by atoms with Crippen LogP contribution in [0.25, 0.3) is 0 Å². The summed E-state index contributed by atoms with van der Waals surface area (Å²) in [6, 6.07) is 2.29. The number of thiazole rings is 1. The lowest BCUT2D eigenvalue weighted by atomic mass is 10.3. The maximum absolute atomic E-state index is 11.7. The number of carbonyl (C=O) groups is 2. The molecule has 0 radical (unpaired) electrons. The third-order valence-electron chi connectivity index (χ3n) is 2.65. The number of aromatic nitrogens is 1. The molecule has 0 aliphatic rings. The molecule has 2 aromatic heterocycles. The average molecular weight is 309 g/mol. The summed E-state index contributed by atoms with van der Waals surface area (Å²) in [6.45, 7) is 3.90. The number of aryl methyl sites for hydroxylation is 1. The zero-order valence-electron chi connectivity index (χ0n) is 11.5. The van der Waals surface area contributed by atoms with Gasteiger partial charge in [0.25, 0.3) is 0 Å². The van der Waals surface area contributed by atoms with Gasteiger partial charge in [-0.2, -0.15) is 0 Å². The van der Waals surface area contributed by atoms with E-state index in [1.807, 2.05) is 13.8 Å². The van der Waals surface area contributed by atoms with E-state index >= 15 is 0 Å². The largest absolute Gasteiger partial charge is 0.475 e. The monoisotopic (exact) mass is 309 g/mol. The van der Waals surface area contributed by atoms with E-state index in [2.05, 4.69) is 15.6 Å². The number of carboxylic acid groups (broad SMARTS) is 1. The fourth-order valence-corrected chi connectivity index (χ4v) is 2.41. The summed E-state index contributed by atoms with van der Waals surface area (Å²) in [5.41, 5.74) is 0. The van der Waals surface area contributed by atoms with Gasteiger partial charge in [0.1, 0.15) is 10.8 Å². The van der Waals surface area contributed by atoms with E-state index in [0.29, 0.717) is 5.76 Å². The normalized spacial score (nSPS) is 11.9. The van der Waals surface area contributed by atoms with Crippen LogP contribution in [0, 0.1) is 6.92 Å². The number of amides is 2. The number of nitrogens with zero attached hydrogens (tertiary/aromatic N) is 1. The second-order valence-electron chi connectivity index (χ2n) is 4.43. The predicted molar refractivity (Wildman–Crippen MR) is 76.3 cm³/mol. The van der Waals surface area contributed by atoms with Gasteiger partial charge < -0.3 is 20.2 Å². The van der Waals surface area contributed by atoms with Gasteiger partial charge in [-0.3, -0.25) is 0 Å². The Labute approximate surface area is 125 Å². The molecule has 8 heteroatoms. The molecule has 1 unspecified atom stereocenters. The van der Waals surface area contributed by atoms with Crippen LogP contribution >= 0.6 is 11.3 Å². The van der Waals surface area contributed by atoms with Crippen molar-refractivity contribution in [2.45, 2.75) is 26.4 Å². The second-order valence-corrected chi connectivity index (χ2v) is 5.70. The third kappa shape index (κ3) is 4.06. The minimum absolute atomic E-state index is 0.114. The van der Waals surface area contributed by atoms with E-state index in [1.165, 1.54) is 23.5 Å². The van der Waals surface area contributed by atoms with Crippen LogP contribution in [-0.2, 0) is 6.54 Å². The van der Waals surface area contributed by atoms with Gasteiger partial charge in [-0.05, 0) is 26.0 Å². The van der Waals surface area contributed by atoms with Crippen LogP contribution in [-0.4, -0.2) is 22.1 Å². The lowest BCUT2D eigenvalue weighted by Gasteiger charge is -2.11. The molecule has 0 aromatic carbocycles. The summed E-state index contributed by atoms with van der Waals surface area (Å²) in [4.78, 5) is 27.7. The molecule has 1 atom stereocenters. The maximum Gasteiger partial charge on any atom is 0.371 e. The van der Waals surface area contributed by atoms with Crippen molar-refractivity contribution in [2.24, 2.45) is 0 Å². The molecule has 0 aliphatic carbocycles. The van der Waals surface area contributed by atoms with Crippen molar-refractivity contribution in [3.8, 4) is 0 Å². The molecule has 0 aliphatic heterocycles. The minimum Gasteiger partial charge on any atom is -0.475 e. The predicted octanol–water partition coefficient (Wildman–Crippen LogP) is 2.30. The Bertz CT molecular complexity index is 649. The van der Waals surface area contributed by atoms with Gasteiger partial charge in [0.15, 0.2) is 0 Å². The van der Waals surface area contributed by atoms with Gasteiger partial charge in [-0.25, -0.2) is 14.6 Å². The summed E-state index contributed by atoms with van der Waals surface area (Å²) in [7, 11) is 0. The van der Waals surface area contributed by atoms with Crippen molar-refractivity contribution < 1.29 is 19.1 Å². The van der Waals surface area contributed by atoms with E-state index in [4.69, 9.17) is 9.52 Å². The molecule has 7 nitrogen and oxygen atoms in total. The fourth-order valence-electron chi connectivity index (χ4n) is 1.64. The summed E-state index contributed by atoms with van der Waals surface area (Å²) in [6.07, 6.45) is 1.76. The summed E-state index contributed by atoms with van der Waals surface area (Å²) < 4.78 is 5.04. The molecule has 2 heterocycles. The molecular formula is C13H15N3O4S. The number of furan rings is 1. The standard InChI is InChI=1S/C13H15N3O4S/c1-7-5-14-11(21-7)8(2)16-13(19)15-6-9-3-4-10(20-9)12(17)18/h3-5,8H,6H2,1-2H3,(H,17,18)(H2,15,16,19). The van der Waals surface area contributed by atoms with Crippen LogP contribution in [0.15, 0.2) is 22.7 Å². The van der Waals surface area contributed by atoms with Crippen LogP contribution in [0.5, 0.6) is 0 Å². The van der Waals surface area contributed by atoms with E-state index in [0.717, 1.165) is 9.88 Å². The summed E-state index contributed by atoms with van der Waals surface area (Å²) in [5.74, 6) is -0.919. The zero-order chi connectivity index (χ0) is 15.4. The molecule has 2 rings (SSSR count). The minimum atomic E-state index is -1.14. The van der Waals surface area contributed by atoms with Gasteiger partial charge in [-0.1, -0.05) is 0 Å². The first kappa shape index (κ1) is 15.0. The Morgan fingerprint density at radius 1 is 1.48 bits per heavy atom. The first-order chi connectivity index (χ1) is 9.95. The first-order valence-corrected chi connectivity index (χ1v) is 7.06. The summed E-state index contributed by atoms with van der Waals surface area (Å²) in [5, 5.41) is 14.9. The molecule has 0 saturated carbocycles. The van der Waals surface area contributed by atoms with E-state index < -0.39 is 5.97 Å². The molecule has 2 amide bonds. The van der Waals surface area contributed by atoms with Crippen LogP contribution in [0.2, 0.25) is 0 Å². The highest BCUT2D eigenvalue weighted by Gasteiger charge is 2.13. The van der Waals surface area contributed by atoms with Crippen molar-refractivity contribution in [1.82, 2.24) is 15.6 Å². The number of urea groups is 1. The lowest BCUT2D eigenvalue weighted by Crippen LogP contribution is -2.36. The first-order valence-electron chi connectivity index (χ1n) is 6.24. The molecule has 0 saturated heterocycles. The number of carbonyl (C=O) groups excluding carboxylic acids is 1. The molecule has 21 heavy (non-hydrogen) atoms. The van der Waals surface area contributed by atoms with Gasteiger partial charge in [0.2, 0.25) is 5.76 Å². The van der Waals surface area contributed by atoms with E-state index in [1.54, 1.807) is 6.20 Å². The topological polar surface area (TPSA) is 104 Å². The molecule has 3 N–H and O–H groups in total. The Hall–Kier alpha value is -2.35. The number of carboxylic acids is 1. The van der Waals surface area contributed by atoms with Crippen LogP contribution in [0.4, 0.5) is 4.79 Å². The zero-order valence-corrected chi connectivity index (χ0v) is 12.4. The number of hydrogen-bond donors (Lipinski definition) is 3. The Balaban J connectivity index is 1.82. The number of aromatic carboxylic acids is 1. The van der Waals surface area contributed by atoms with Crippen molar-refractivity contribution in [2.75, 3.05) is 0 Å². The lowest BCUT2D eigenvalue weighted by molar-refractivity contribution is 0.0660. The highest BCUT2D eigenvalue weighted by molar-refractivity contribution is 7.11. The molecule has 0 fully saturated rings. The Morgan fingerprint density at radius 2 is 2.24 bits per heavy atom. The van der Waals surface area contributed by atoms with Crippen molar-refractivity contribution in [1.29, 1.82) is 0 Å². The second kappa shape index (κ2) is 6.40. The maximum atomic E-state index is 11.7. The van der Waals surface area contributed by atoms with Gasteiger partial charge >= 0.3 is 12.0 Å². The SMILES string of the molecule is Cc1cnc(C(C)NC(=O)NCc2ccc(C(=O)O)o2)s1. The van der Waals surface area contributed by atoms with Crippen LogP contribution < -0.4 is 10.6 Å². The van der Waals surface area contributed by atoms with E-state index in [-0.39, 0.29) is 24.4 Å². The quantitative estimate of drug-likeness (QED) is 0.786. The molecular weight excluding hydrogens is 294 g/mol. The number of hydrogen-bond acceptors (Lipinski definition) is 5. The van der Waals surface area contributed by atoms with Crippen molar-refractivity contribution in [3.05, 3.63) is 39.7 Å². The highest BCUT2D eigenvalue weighted by atomic mass is 32.1. The Morgan fingerprint density at radius 3 is 2.81 bits per heavy atom. The van der Waals surface area contributed by atoms with E-state index in [9.17, 15) is 9.59 Å². The number of nitrogens with one attached hydrogen (secondary N) is 2.